The minimum absolute atomic E-state index is 0.0898. The molecule has 14 heavy (non-hydrogen) atoms. The van der Waals surface area contributed by atoms with Crippen molar-refractivity contribution >= 4 is 5.91 Å². The highest BCUT2D eigenvalue weighted by molar-refractivity contribution is 5.72. The molecule has 2 unspecified atom stereocenters. The molecule has 0 bridgehead atoms. The van der Waals surface area contributed by atoms with Gasteiger partial charge in [-0.25, -0.2) is 0 Å². The summed E-state index contributed by atoms with van der Waals surface area (Å²) < 4.78 is 0. The number of hydrogen-bond donors (Lipinski definition) is 2. The molecule has 1 amide bonds. The second-order valence-electron chi connectivity index (χ2n) is 4.31. The highest BCUT2D eigenvalue weighted by atomic mass is 16.3. The molecule has 3 heteroatoms. The molecule has 2 N–H and O–H groups in total. The molecule has 84 valence electrons. The predicted octanol–water partition coefficient (Wildman–Crippen LogP) is 1.70. The molecule has 0 saturated heterocycles. The number of hydrogen-bond acceptors (Lipinski definition) is 2. The third-order valence-corrected chi connectivity index (χ3v) is 2.75. The van der Waals surface area contributed by atoms with Crippen molar-refractivity contribution in [2.75, 3.05) is 6.54 Å². The van der Waals surface area contributed by atoms with Gasteiger partial charge in [0.1, 0.15) is 0 Å². The summed E-state index contributed by atoms with van der Waals surface area (Å²) >= 11 is 0. The lowest BCUT2D eigenvalue weighted by atomic mass is 9.86. The van der Waals surface area contributed by atoms with E-state index in [1.165, 1.54) is 6.92 Å². The SMILES string of the molecule is CCCCC(C)C(C)(O)CNC(C)=O. The summed E-state index contributed by atoms with van der Waals surface area (Å²) in [5.74, 6) is 0.127. The number of carbonyl (C=O) groups is 1. The van der Waals surface area contributed by atoms with Gasteiger partial charge >= 0.3 is 0 Å². The lowest BCUT2D eigenvalue weighted by Gasteiger charge is -2.30. The Balaban J connectivity index is 3.95. The van der Waals surface area contributed by atoms with Crippen LogP contribution in [0, 0.1) is 5.92 Å². The predicted molar refractivity (Wildman–Crippen MR) is 58.0 cm³/mol. The Morgan fingerprint density at radius 3 is 2.57 bits per heavy atom. The molecule has 0 saturated carbocycles. The van der Waals surface area contributed by atoms with Crippen LogP contribution in [0.5, 0.6) is 0 Å². The maximum atomic E-state index is 10.7. The Morgan fingerprint density at radius 2 is 2.14 bits per heavy atom. The van der Waals surface area contributed by atoms with Crippen LogP contribution >= 0.6 is 0 Å². The van der Waals surface area contributed by atoms with Gasteiger partial charge in [-0.15, -0.1) is 0 Å². The molecule has 0 heterocycles. The quantitative estimate of drug-likeness (QED) is 0.687. The number of unbranched alkanes of at least 4 members (excludes halogenated alkanes) is 1. The Hall–Kier alpha value is -0.570. The molecule has 0 aliphatic heterocycles. The monoisotopic (exact) mass is 201 g/mol. The van der Waals surface area contributed by atoms with Crippen molar-refractivity contribution in [3.05, 3.63) is 0 Å². The maximum absolute atomic E-state index is 10.7. The van der Waals surface area contributed by atoms with Crippen LogP contribution in [-0.2, 0) is 4.79 Å². The summed E-state index contributed by atoms with van der Waals surface area (Å²) in [6, 6.07) is 0. The summed E-state index contributed by atoms with van der Waals surface area (Å²) in [5, 5.41) is 12.7. The zero-order chi connectivity index (χ0) is 11.2. The molecule has 0 rings (SSSR count). The van der Waals surface area contributed by atoms with Crippen LogP contribution in [0.1, 0.15) is 47.0 Å². The largest absolute Gasteiger partial charge is 0.388 e. The van der Waals surface area contributed by atoms with Crippen LogP contribution in [0.4, 0.5) is 0 Å². The summed E-state index contributed by atoms with van der Waals surface area (Å²) in [6.07, 6.45) is 3.26. The van der Waals surface area contributed by atoms with Crippen molar-refractivity contribution in [1.82, 2.24) is 5.32 Å². The highest BCUT2D eigenvalue weighted by Gasteiger charge is 2.27. The fourth-order valence-electron chi connectivity index (χ4n) is 1.30. The fourth-order valence-corrected chi connectivity index (χ4v) is 1.30. The normalized spacial score (nSPS) is 17.2. The van der Waals surface area contributed by atoms with Crippen LogP contribution in [0.2, 0.25) is 0 Å². The number of aliphatic hydroxyl groups is 1. The number of nitrogens with one attached hydrogen (secondary N) is 1. The van der Waals surface area contributed by atoms with Gasteiger partial charge in [0.15, 0.2) is 0 Å². The molecule has 0 aromatic carbocycles. The van der Waals surface area contributed by atoms with E-state index in [0.29, 0.717) is 6.54 Å². The first-order chi connectivity index (χ1) is 6.40. The van der Waals surface area contributed by atoms with Crippen LogP contribution in [0.15, 0.2) is 0 Å². The molecule has 0 aromatic heterocycles. The van der Waals surface area contributed by atoms with E-state index in [1.54, 1.807) is 6.92 Å². The second-order valence-corrected chi connectivity index (χ2v) is 4.31. The van der Waals surface area contributed by atoms with Crippen molar-refractivity contribution in [1.29, 1.82) is 0 Å². The maximum Gasteiger partial charge on any atom is 0.216 e. The van der Waals surface area contributed by atoms with Crippen molar-refractivity contribution in [2.45, 2.75) is 52.6 Å². The third-order valence-electron chi connectivity index (χ3n) is 2.75. The summed E-state index contributed by atoms with van der Waals surface area (Å²) in [7, 11) is 0. The lowest BCUT2D eigenvalue weighted by molar-refractivity contribution is -0.120. The molecule has 0 aromatic rings. The molecular weight excluding hydrogens is 178 g/mol. The van der Waals surface area contributed by atoms with Crippen LogP contribution in [-0.4, -0.2) is 23.2 Å². The molecular formula is C11H23NO2. The minimum atomic E-state index is -0.791. The molecule has 3 nitrogen and oxygen atoms in total. The number of amides is 1. The van der Waals surface area contributed by atoms with E-state index in [-0.39, 0.29) is 11.8 Å². The summed E-state index contributed by atoms with van der Waals surface area (Å²) in [6.45, 7) is 7.75. The third kappa shape index (κ3) is 5.22. The molecule has 0 fully saturated rings. The smallest absolute Gasteiger partial charge is 0.216 e. The second kappa shape index (κ2) is 6.02. The number of rotatable bonds is 6. The molecule has 0 radical (unpaired) electrons. The van der Waals surface area contributed by atoms with E-state index in [2.05, 4.69) is 12.2 Å². The van der Waals surface area contributed by atoms with Gasteiger partial charge in [0, 0.05) is 13.5 Å². The Morgan fingerprint density at radius 1 is 1.57 bits per heavy atom. The van der Waals surface area contributed by atoms with Gasteiger partial charge in [0.05, 0.1) is 5.60 Å². The van der Waals surface area contributed by atoms with Crippen molar-refractivity contribution < 1.29 is 9.90 Å². The summed E-state index contributed by atoms with van der Waals surface area (Å²) in [4.78, 5) is 10.7. The van der Waals surface area contributed by atoms with Gasteiger partial charge in [0.2, 0.25) is 5.91 Å². The Bertz CT molecular complexity index is 178. The van der Waals surface area contributed by atoms with E-state index in [4.69, 9.17) is 0 Å². The summed E-state index contributed by atoms with van der Waals surface area (Å²) in [5.41, 5.74) is -0.791. The first-order valence-electron chi connectivity index (χ1n) is 5.37. The van der Waals surface area contributed by atoms with Gasteiger partial charge in [-0.3, -0.25) is 4.79 Å². The Kier molecular flexibility index (Phi) is 5.77. The topological polar surface area (TPSA) is 49.3 Å². The zero-order valence-corrected chi connectivity index (χ0v) is 9.76. The molecule has 0 spiro atoms. The first kappa shape index (κ1) is 13.4. The standard InChI is InChI=1S/C11H23NO2/c1-5-6-7-9(2)11(4,14)8-12-10(3)13/h9,14H,5-8H2,1-4H3,(H,12,13). The minimum Gasteiger partial charge on any atom is -0.388 e. The van der Waals surface area contributed by atoms with E-state index in [9.17, 15) is 9.90 Å². The zero-order valence-electron chi connectivity index (χ0n) is 9.76. The van der Waals surface area contributed by atoms with Crippen LogP contribution in [0.3, 0.4) is 0 Å². The van der Waals surface area contributed by atoms with E-state index in [0.717, 1.165) is 19.3 Å². The highest BCUT2D eigenvalue weighted by Crippen LogP contribution is 2.21. The fraction of sp³-hybridized carbons (Fsp3) is 0.909. The van der Waals surface area contributed by atoms with E-state index >= 15 is 0 Å². The van der Waals surface area contributed by atoms with Crippen molar-refractivity contribution in [3.63, 3.8) is 0 Å². The van der Waals surface area contributed by atoms with Crippen molar-refractivity contribution in [3.8, 4) is 0 Å². The lowest BCUT2D eigenvalue weighted by Crippen LogP contribution is -2.44. The van der Waals surface area contributed by atoms with Gasteiger partial charge in [-0.1, -0.05) is 26.7 Å². The molecule has 0 aliphatic carbocycles. The van der Waals surface area contributed by atoms with Crippen LogP contribution in [0.25, 0.3) is 0 Å². The van der Waals surface area contributed by atoms with Crippen LogP contribution < -0.4 is 5.32 Å². The average Bonchev–Trinajstić information content (AvgIpc) is 2.11. The number of carbonyl (C=O) groups excluding carboxylic acids is 1. The van der Waals surface area contributed by atoms with Gasteiger partial charge in [-0.2, -0.15) is 0 Å². The van der Waals surface area contributed by atoms with E-state index in [1.807, 2.05) is 6.92 Å². The van der Waals surface area contributed by atoms with Gasteiger partial charge < -0.3 is 10.4 Å². The van der Waals surface area contributed by atoms with Gasteiger partial charge in [-0.05, 0) is 19.3 Å². The molecule has 0 aliphatic rings. The average molecular weight is 201 g/mol. The Labute approximate surface area is 86.9 Å². The van der Waals surface area contributed by atoms with Gasteiger partial charge in [0.25, 0.3) is 0 Å². The van der Waals surface area contributed by atoms with Crippen molar-refractivity contribution in [2.24, 2.45) is 5.92 Å². The molecule has 2 atom stereocenters. The van der Waals surface area contributed by atoms with E-state index < -0.39 is 5.60 Å². The first-order valence-corrected chi connectivity index (χ1v) is 5.37.